The summed E-state index contributed by atoms with van der Waals surface area (Å²) in [6.45, 7) is 2.08. The lowest BCUT2D eigenvalue weighted by atomic mass is 9.99. The maximum atomic E-state index is 12.5. The molecule has 1 heterocycles. The van der Waals surface area contributed by atoms with Crippen LogP contribution in [0.15, 0.2) is 89.8 Å². The molecule has 0 aliphatic rings. The maximum absolute atomic E-state index is 12.5. The number of amides is 1. The van der Waals surface area contributed by atoms with Crippen LogP contribution in [-0.2, 0) is 0 Å². The second-order valence-electron chi connectivity index (χ2n) is 6.29. The van der Waals surface area contributed by atoms with Crippen LogP contribution in [0, 0.1) is 6.92 Å². The first-order valence-electron chi connectivity index (χ1n) is 8.67. The zero-order chi connectivity index (χ0) is 18.6. The molecule has 3 aromatic carbocycles. The number of rotatable bonds is 4. The highest BCUT2D eigenvalue weighted by Crippen LogP contribution is 2.24. The summed E-state index contributed by atoms with van der Waals surface area (Å²) in [5.74, 6) is 0.554. The quantitative estimate of drug-likeness (QED) is 0.521. The molecular weight excluding hydrogens is 336 g/mol. The van der Waals surface area contributed by atoms with E-state index in [1.807, 2.05) is 60.7 Å². The van der Waals surface area contributed by atoms with Crippen molar-refractivity contribution >= 4 is 11.6 Å². The van der Waals surface area contributed by atoms with E-state index in [4.69, 9.17) is 4.42 Å². The van der Waals surface area contributed by atoms with Crippen LogP contribution in [0.3, 0.4) is 0 Å². The van der Waals surface area contributed by atoms with Gasteiger partial charge in [-0.05, 0) is 60.0 Å². The van der Waals surface area contributed by atoms with Gasteiger partial charge in [0.1, 0.15) is 0 Å². The molecule has 0 unspecified atom stereocenters. The molecule has 0 radical (unpaired) electrons. The predicted octanol–water partition coefficient (Wildman–Crippen LogP) is 5.57. The van der Waals surface area contributed by atoms with Crippen molar-refractivity contribution in [2.75, 3.05) is 5.32 Å². The fourth-order valence-electron chi connectivity index (χ4n) is 2.98. The van der Waals surface area contributed by atoms with E-state index in [0.29, 0.717) is 11.3 Å². The average Bonchev–Trinajstić information content (AvgIpc) is 3.24. The molecule has 0 atom stereocenters. The predicted molar refractivity (Wildman–Crippen MR) is 107 cm³/mol. The van der Waals surface area contributed by atoms with Crippen LogP contribution in [0.5, 0.6) is 0 Å². The normalized spacial score (nSPS) is 10.6. The third-order valence-corrected chi connectivity index (χ3v) is 4.46. The van der Waals surface area contributed by atoms with Gasteiger partial charge >= 0.3 is 0 Å². The second kappa shape index (κ2) is 7.30. The first-order chi connectivity index (χ1) is 13.2. The van der Waals surface area contributed by atoms with Crippen molar-refractivity contribution in [3.63, 3.8) is 0 Å². The maximum Gasteiger partial charge on any atom is 0.255 e. The van der Waals surface area contributed by atoms with E-state index in [0.717, 1.165) is 16.8 Å². The number of oxazole rings is 1. The van der Waals surface area contributed by atoms with Gasteiger partial charge < -0.3 is 9.73 Å². The number of aromatic nitrogens is 1. The van der Waals surface area contributed by atoms with Gasteiger partial charge in [0.2, 0.25) is 0 Å². The van der Waals surface area contributed by atoms with Gasteiger partial charge in [-0.2, -0.15) is 0 Å². The van der Waals surface area contributed by atoms with Gasteiger partial charge in [0.05, 0.1) is 6.20 Å². The molecule has 1 N–H and O–H groups in total. The molecule has 0 fully saturated rings. The summed E-state index contributed by atoms with van der Waals surface area (Å²) in [7, 11) is 0. The van der Waals surface area contributed by atoms with Gasteiger partial charge in [0.25, 0.3) is 5.91 Å². The fraction of sp³-hybridized carbons (Fsp3) is 0.0435. The van der Waals surface area contributed by atoms with E-state index in [2.05, 4.69) is 29.4 Å². The largest absolute Gasteiger partial charge is 0.444 e. The van der Waals surface area contributed by atoms with Crippen molar-refractivity contribution in [3.8, 4) is 22.5 Å². The molecular formula is C23H18N2O2. The summed E-state index contributed by atoms with van der Waals surface area (Å²) in [5, 5.41) is 2.92. The van der Waals surface area contributed by atoms with Crippen LogP contribution < -0.4 is 5.32 Å². The van der Waals surface area contributed by atoms with Gasteiger partial charge in [-0.15, -0.1) is 0 Å². The van der Waals surface area contributed by atoms with Crippen molar-refractivity contribution in [2.24, 2.45) is 0 Å². The summed E-state index contributed by atoms with van der Waals surface area (Å²) in [6, 6.07) is 23.3. The Labute approximate surface area is 157 Å². The summed E-state index contributed by atoms with van der Waals surface area (Å²) >= 11 is 0. The van der Waals surface area contributed by atoms with Gasteiger partial charge in [0.15, 0.2) is 12.2 Å². The Morgan fingerprint density at radius 1 is 0.889 bits per heavy atom. The van der Waals surface area contributed by atoms with E-state index in [1.54, 1.807) is 6.20 Å². The number of nitrogens with one attached hydrogen (secondary N) is 1. The van der Waals surface area contributed by atoms with Crippen LogP contribution in [0.25, 0.3) is 22.5 Å². The fourth-order valence-corrected chi connectivity index (χ4v) is 2.98. The molecule has 4 aromatic rings. The van der Waals surface area contributed by atoms with E-state index >= 15 is 0 Å². The molecule has 0 bridgehead atoms. The van der Waals surface area contributed by atoms with E-state index in [9.17, 15) is 4.79 Å². The number of benzene rings is 3. The monoisotopic (exact) mass is 354 g/mol. The van der Waals surface area contributed by atoms with Crippen LogP contribution in [0.2, 0.25) is 0 Å². The van der Waals surface area contributed by atoms with E-state index in [-0.39, 0.29) is 5.91 Å². The van der Waals surface area contributed by atoms with Crippen LogP contribution in [0.4, 0.5) is 5.69 Å². The van der Waals surface area contributed by atoms with Crippen molar-refractivity contribution in [1.82, 2.24) is 4.98 Å². The molecule has 0 aliphatic heterocycles. The summed E-state index contributed by atoms with van der Waals surface area (Å²) in [6.07, 6.45) is 3.05. The lowest BCUT2D eigenvalue weighted by molar-refractivity contribution is 0.102. The highest BCUT2D eigenvalue weighted by molar-refractivity contribution is 6.04. The number of hydrogen-bond acceptors (Lipinski definition) is 3. The molecule has 0 aliphatic carbocycles. The number of carbonyl (C=O) groups is 1. The van der Waals surface area contributed by atoms with Crippen molar-refractivity contribution in [2.45, 2.75) is 6.92 Å². The minimum Gasteiger partial charge on any atom is -0.444 e. The summed E-state index contributed by atoms with van der Waals surface area (Å²) in [4.78, 5) is 16.4. The smallest absolute Gasteiger partial charge is 0.255 e. The molecule has 0 saturated carbocycles. The number of hydrogen-bond donors (Lipinski definition) is 1. The Kier molecular flexibility index (Phi) is 4.54. The lowest BCUT2D eigenvalue weighted by Gasteiger charge is -2.08. The Bertz CT molecular complexity index is 1050. The molecule has 0 spiro atoms. The minimum absolute atomic E-state index is 0.140. The Balaban J connectivity index is 1.48. The summed E-state index contributed by atoms with van der Waals surface area (Å²) in [5.41, 5.74) is 5.74. The molecule has 1 aromatic heterocycles. The SMILES string of the molecule is Cc1ccccc1-c1ccc(C(=O)Nc2ccc(-c3cnco3)cc2)cc1. The number of nitrogens with zero attached hydrogens (tertiary/aromatic N) is 1. The Morgan fingerprint density at radius 3 is 2.26 bits per heavy atom. The standard InChI is InChI=1S/C23H18N2O2/c1-16-4-2-3-5-21(16)17-6-8-19(9-7-17)23(26)25-20-12-10-18(11-13-20)22-14-24-15-27-22/h2-15H,1H3,(H,25,26). The lowest BCUT2D eigenvalue weighted by Crippen LogP contribution is -2.11. The number of anilines is 1. The van der Waals surface area contributed by atoms with Gasteiger partial charge in [-0.1, -0.05) is 36.4 Å². The zero-order valence-corrected chi connectivity index (χ0v) is 14.8. The van der Waals surface area contributed by atoms with Crippen LogP contribution in [0.1, 0.15) is 15.9 Å². The van der Waals surface area contributed by atoms with Crippen molar-refractivity contribution in [3.05, 3.63) is 96.5 Å². The molecule has 132 valence electrons. The third kappa shape index (κ3) is 3.65. The second-order valence-corrected chi connectivity index (χ2v) is 6.29. The molecule has 4 heteroatoms. The van der Waals surface area contributed by atoms with Gasteiger partial charge in [0, 0.05) is 16.8 Å². The van der Waals surface area contributed by atoms with Gasteiger partial charge in [-0.25, -0.2) is 4.98 Å². The van der Waals surface area contributed by atoms with Crippen LogP contribution in [-0.4, -0.2) is 10.9 Å². The molecule has 27 heavy (non-hydrogen) atoms. The van der Waals surface area contributed by atoms with E-state index in [1.165, 1.54) is 17.5 Å². The number of aryl methyl sites for hydroxylation is 1. The Hall–Kier alpha value is -3.66. The van der Waals surface area contributed by atoms with Crippen molar-refractivity contribution < 1.29 is 9.21 Å². The third-order valence-electron chi connectivity index (χ3n) is 4.46. The Morgan fingerprint density at radius 2 is 1.59 bits per heavy atom. The minimum atomic E-state index is -0.140. The first-order valence-corrected chi connectivity index (χ1v) is 8.67. The van der Waals surface area contributed by atoms with Crippen LogP contribution >= 0.6 is 0 Å². The molecule has 1 amide bonds. The van der Waals surface area contributed by atoms with Crippen molar-refractivity contribution in [1.29, 1.82) is 0 Å². The topological polar surface area (TPSA) is 55.1 Å². The molecule has 4 nitrogen and oxygen atoms in total. The van der Waals surface area contributed by atoms with E-state index < -0.39 is 0 Å². The van der Waals surface area contributed by atoms with Gasteiger partial charge in [-0.3, -0.25) is 4.79 Å². The highest BCUT2D eigenvalue weighted by atomic mass is 16.3. The highest BCUT2D eigenvalue weighted by Gasteiger charge is 2.08. The molecule has 4 rings (SSSR count). The number of carbonyl (C=O) groups excluding carboxylic acids is 1. The molecule has 0 saturated heterocycles. The average molecular weight is 354 g/mol. The summed E-state index contributed by atoms with van der Waals surface area (Å²) < 4.78 is 5.27. The zero-order valence-electron chi connectivity index (χ0n) is 14.8. The first kappa shape index (κ1) is 16.8.